The highest BCUT2D eigenvalue weighted by Crippen LogP contribution is 2.29. The van der Waals surface area contributed by atoms with Crippen LogP contribution in [0.15, 0.2) is 41.5 Å². The minimum atomic E-state index is -0.246. The van der Waals surface area contributed by atoms with Crippen molar-refractivity contribution in [1.29, 1.82) is 0 Å². The Morgan fingerprint density at radius 1 is 1.25 bits per heavy atom. The summed E-state index contributed by atoms with van der Waals surface area (Å²) in [6.07, 6.45) is 4.25. The molecule has 1 aliphatic heterocycles. The first-order valence-electron chi connectivity index (χ1n) is 8.02. The van der Waals surface area contributed by atoms with E-state index in [4.69, 9.17) is 0 Å². The van der Waals surface area contributed by atoms with Gasteiger partial charge in [-0.2, -0.15) is 5.10 Å². The molecule has 1 amide bonds. The molecular weight excluding hydrogens is 306 g/mol. The number of pyridine rings is 1. The van der Waals surface area contributed by atoms with Crippen LogP contribution >= 0.6 is 0 Å². The lowest BCUT2D eigenvalue weighted by molar-refractivity contribution is 0.0594. The van der Waals surface area contributed by atoms with E-state index in [1.54, 1.807) is 17.0 Å². The van der Waals surface area contributed by atoms with Crippen LogP contribution in [0.5, 0.6) is 0 Å². The number of amides is 1. The van der Waals surface area contributed by atoms with Crippen molar-refractivity contribution in [2.75, 3.05) is 6.54 Å². The maximum absolute atomic E-state index is 13.0. The van der Waals surface area contributed by atoms with E-state index in [1.165, 1.54) is 6.33 Å². The van der Waals surface area contributed by atoms with Crippen LogP contribution in [0.2, 0.25) is 0 Å². The third-order valence-electron chi connectivity index (χ3n) is 4.50. The first-order chi connectivity index (χ1) is 11.7. The molecule has 2 aromatic heterocycles. The van der Waals surface area contributed by atoms with Gasteiger partial charge in [0.15, 0.2) is 0 Å². The molecule has 24 heavy (non-hydrogen) atoms. The topological polar surface area (TPSA) is 94.7 Å². The highest BCUT2D eigenvalue weighted by Gasteiger charge is 2.31. The minimum absolute atomic E-state index is 0.135. The number of hydrogen-bond acceptors (Lipinski definition) is 4. The molecule has 0 spiro atoms. The summed E-state index contributed by atoms with van der Waals surface area (Å²) in [5.41, 5.74) is 0.0646. The average Bonchev–Trinajstić information content (AvgIpc) is 3.15. The van der Waals surface area contributed by atoms with Crippen LogP contribution in [0, 0.1) is 0 Å². The van der Waals surface area contributed by atoms with Crippen LogP contribution in [0.3, 0.4) is 0 Å². The molecule has 0 unspecified atom stereocenters. The molecule has 3 heterocycles. The van der Waals surface area contributed by atoms with Crippen LogP contribution < -0.4 is 5.56 Å². The molecule has 1 aliphatic rings. The van der Waals surface area contributed by atoms with Crippen molar-refractivity contribution < 1.29 is 4.79 Å². The lowest BCUT2D eigenvalue weighted by Gasteiger charge is -2.34. The van der Waals surface area contributed by atoms with E-state index in [0.717, 1.165) is 24.6 Å². The fourth-order valence-electron chi connectivity index (χ4n) is 3.32. The summed E-state index contributed by atoms with van der Waals surface area (Å²) in [6.45, 7) is 0.638. The quantitative estimate of drug-likeness (QED) is 0.754. The van der Waals surface area contributed by atoms with E-state index in [1.807, 2.05) is 18.2 Å². The second-order valence-electron chi connectivity index (χ2n) is 5.98. The van der Waals surface area contributed by atoms with E-state index in [-0.39, 0.29) is 17.5 Å². The van der Waals surface area contributed by atoms with Crippen LogP contribution in [-0.4, -0.2) is 37.5 Å². The van der Waals surface area contributed by atoms with E-state index in [2.05, 4.69) is 20.2 Å². The zero-order chi connectivity index (χ0) is 16.5. The summed E-state index contributed by atoms with van der Waals surface area (Å²) >= 11 is 0. The number of rotatable bonds is 2. The Kier molecular flexibility index (Phi) is 3.60. The normalized spacial score (nSPS) is 18.0. The molecule has 3 aromatic rings. The summed E-state index contributed by atoms with van der Waals surface area (Å²) in [5.74, 6) is 0.505. The number of piperidine rings is 1. The SMILES string of the molecule is O=C(c1cc2ccccc2c(=O)[nH]1)N1CCCC[C@@H]1c1ncn[nH]1. The molecule has 1 aromatic carbocycles. The van der Waals surface area contributed by atoms with Crippen molar-refractivity contribution >= 4 is 16.7 Å². The predicted octanol–water partition coefficient (Wildman–Crippen LogP) is 2.01. The molecule has 2 N–H and O–H groups in total. The van der Waals surface area contributed by atoms with Crippen molar-refractivity contribution in [2.45, 2.75) is 25.3 Å². The summed E-state index contributed by atoms with van der Waals surface area (Å²) in [7, 11) is 0. The van der Waals surface area contributed by atoms with Gasteiger partial charge in [0.1, 0.15) is 17.8 Å². The maximum atomic E-state index is 13.0. The van der Waals surface area contributed by atoms with E-state index >= 15 is 0 Å². The van der Waals surface area contributed by atoms with Crippen molar-refractivity contribution in [3.8, 4) is 0 Å². The van der Waals surface area contributed by atoms with Crippen LogP contribution in [0.1, 0.15) is 41.6 Å². The summed E-state index contributed by atoms with van der Waals surface area (Å²) in [5, 5.41) is 8.09. The second kappa shape index (κ2) is 5.92. The Hall–Kier alpha value is -2.96. The third-order valence-corrected chi connectivity index (χ3v) is 4.50. The molecule has 7 heteroatoms. The standard InChI is InChI=1S/C17H17N5O2/c23-16-12-6-2-1-5-11(12)9-13(20-16)17(24)22-8-4-3-7-14(22)15-18-10-19-21-15/h1-2,5-6,9-10,14H,3-4,7-8H2,(H,20,23)(H,18,19,21)/t14-/m1/s1. The molecular formula is C17H17N5O2. The first kappa shape index (κ1) is 14.6. The van der Waals surface area contributed by atoms with Gasteiger partial charge >= 0.3 is 0 Å². The van der Waals surface area contributed by atoms with Crippen molar-refractivity contribution in [1.82, 2.24) is 25.1 Å². The highest BCUT2D eigenvalue weighted by atomic mass is 16.2. The Morgan fingerprint density at radius 2 is 2.12 bits per heavy atom. The third kappa shape index (κ3) is 2.47. The monoisotopic (exact) mass is 323 g/mol. The van der Waals surface area contributed by atoms with Gasteiger partial charge in [0, 0.05) is 11.9 Å². The molecule has 122 valence electrons. The average molecular weight is 323 g/mol. The number of carbonyl (C=O) groups is 1. The number of hydrogen-bond donors (Lipinski definition) is 2. The molecule has 1 atom stereocenters. The fraction of sp³-hybridized carbons (Fsp3) is 0.294. The van der Waals surface area contributed by atoms with E-state index < -0.39 is 0 Å². The number of likely N-dealkylation sites (tertiary alicyclic amines) is 1. The lowest BCUT2D eigenvalue weighted by Crippen LogP contribution is -2.39. The van der Waals surface area contributed by atoms with Crippen LogP contribution in [0.25, 0.3) is 10.8 Å². The number of nitrogens with zero attached hydrogens (tertiary/aromatic N) is 3. The second-order valence-corrected chi connectivity index (χ2v) is 5.98. The number of nitrogens with one attached hydrogen (secondary N) is 2. The fourth-order valence-corrected chi connectivity index (χ4v) is 3.32. The van der Waals surface area contributed by atoms with E-state index in [9.17, 15) is 9.59 Å². The minimum Gasteiger partial charge on any atom is -0.327 e. The Labute approximate surface area is 137 Å². The van der Waals surface area contributed by atoms with Gasteiger partial charge in [-0.3, -0.25) is 14.7 Å². The van der Waals surface area contributed by atoms with Gasteiger partial charge < -0.3 is 9.88 Å². The molecule has 1 saturated heterocycles. The zero-order valence-corrected chi connectivity index (χ0v) is 13.0. The highest BCUT2D eigenvalue weighted by molar-refractivity contribution is 5.96. The van der Waals surface area contributed by atoms with Gasteiger partial charge in [-0.05, 0) is 36.8 Å². The summed E-state index contributed by atoms with van der Waals surface area (Å²) in [4.78, 5) is 33.9. The number of H-pyrrole nitrogens is 2. The van der Waals surface area contributed by atoms with Gasteiger partial charge in [0.25, 0.3) is 11.5 Å². The summed E-state index contributed by atoms with van der Waals surface area (Å²) in [6, 6.07) is 8.86. The summed E-state index contributed by atoms with van der Waals surface area (Å²) < 4.78 is 0. The van der Waals surface area contributed by atoms with Crippen molar-refractivity contribution in [2.24, 2.45) is 0 Å². The largest absolute Gasteiger partial charge is 0.327 e. The van der Waals surface area contributed by atoms with Crippen molar-refractivity contribution in [3.63, 3.8) is 0 Å². The smallest absolute Gasteiger partial charge is 0.271 e. The number of aromatic nitrogens is 4. The van der Waals surface area contributed by atoms with Gasteiger partial charge in [0.2, 0.25) is 0 Å². The molecule has 0 bridgehead atoms. The number of benzene rings is 1. The van der Waals surface area contributed by atoms with E-state index in [0.29, 0.717) is 23.4 Å². The van der Waals surface area contributed by atoms with Crippen molar-refractivity contribution in [3.05, 3.63) is 58.5 Å². The van der Waals surface area contributed by atoms with Crippen LogP contribution in [-0.2, 0) is 0 Å². The number of aromatic amines is 2. The molecule has 1 fully saturated rings. The molecule has 0 aliphatic carbocycles. The number of fused-ring (bicyclic) bond motifs is 1. The van der Waals surface area contributed by atoms with Gasteiger partial charge in [-0.15, -0.1) is 0 Å². The molecule has 7 nitrogen and oxygen atoms in total. The molecule has 4 rings (SSSR count). The van der Waals surface area contributed by atoms with Gasteiger partial charge in [-0.25, -0.2) is 4.98 Å². The number of carbonyl (C=O) groups excluding carboxylic acids is 1. The van der Waals surface area contributed by atoms with Gasteiger partial charge in [-0.1, -0.05) is 18.2 Å². The maximum Gasteiger partial charge on any atom is 0.271 e. The van der Waals surface area contributed by atoms with Crippen LogP contribution in [0.4, 0.5) is 0 Å². The van der Waals surface area contributed by atoms with Gasteiger partial charge in [0.05, 0.1) is 6.04 Å². The zero-order valence-electron chi connectivity index (χ0n) is 13.0. The lowest BCUT2D eigenvalue weighted by atomic mass is 10.0. The molecule has 0 saturated carbocycles. The Morgan fingerprint density at radius 3 is 2.96 bits per heavy atom. The molecule has 0 radical (unpaired) electrons. The Balaban J connectivity index is 1.73. The Bertz CT molecular complexity index is 932. The predicted molar refractivity (Wildman–Crippen MR) is 88.6 cm³/mol. The first-order valence-corrected chi connectivity index (χ1v) is 8.02.